The number of nitrogens with one attached hydrogen (secondary N) is 3. The minimum absolute atomic E-state index is 0.00938. The first-order chi connectivity index (χ1) is 17.2. The highest BCUT2D eigenvalue weighted by atomic mass is 19.1. The predicted molar refractivity (Wildman–Crippen MR) is 142 cm³/mol. The quantitative estimate of drug-likeness (QED) is 0.233. The number of fused-ring (bicyclic) bond motifs is 2. The first-order valence-electron chi connectivity index (χ1n) is 12.1. The SMILES string of the molecule is O=c1c2ccccc2ccn1-c1ccc(NCCNCCCCc2c[nH]c3ccc(F)cc23)cc1. The molecule has 0 fully saturated rings. The van der Waals surface area contributed by atoms with Gasteiger partial charge in [-0.15, -0.1) is 0 Å². The van der Waals surface area contributed by atoms with Gasteiger partial charge in [-0.3, -0.25) is 9.36 Å². The molecule has 35 heavy (non-hydrogen) atoms. The molecule has 5 aromatic rings. The van der Waals surface area contributed by atoms with Crippen LogP contribution >= 0.6 is 0 Å². The highest BCUT2D eigenvalue weighted by molar-refractivity contribution is 5.83. The lowest BCUT2D eigenvalue weighted by atomic mass is 10.1. The normalized spacial score (nSPS) is 11.3. The van der Waals surface area contributed by atoms with Crippen molar-refractivity contribution in [3.63, 3.8) is 0 Å². The molecule has 5 rings (SSSR count). The molecule has 0 aliphatic heterocycles. The molecule has 0 amide bonds. The molecule has 0 atom stereocenters. The van der Waals surface area contributed by atoms with Crippen molar-refractivity contribution in [2.24, 2.45) is 0 Å². The van der Waals surface area contributed by atoms with Crippen molar-refractivity contribution in [2.45, 2.75) is 19.3 Å². The van der Waals surface area contributed by atoms with Crippen molar-refractivity contribution in [2.75, 3.05) is 25.0 Å². The second kappa shape index (κ2) is 10.6. The van der Waals surface area contributed by atoms with Gasteiger partial charge >= 0.3 is 0 Å². The number of pyridine rings is 1. The van der Waals surface area contributed by atoms with E-state index < -0.39 is 0 Å². The summed E-state index contributed by atoms with van der Waals surface area (Å²) in [5.41, 5.74) is 4.03. The van der Waals surface area contributed by atoms with Crippen LogP contribution in [-0.2, 0) is 6.42 Å². The number of aryl methyl sites for hydroxylation is 1. The van der Waals surface area contributed by atoms with Crippen LogP contribution in [0.2, 0.25) is 0 Å². The zero-order chi connectivity index (χ0) is 24.0. The Hall–Kier alpha value is -3.90. The zero-order valence-electron chi connectivity index (χ0n) is 19.6. The first-order valence-corrected chi connectivity index (χ1v) is 12.1. The van der Waals surface area contributed by atoms with Gasteiger partial charge in [-0.1, -0.05) is 18.2 Å². The fourth-order valence-corrected chi connectivity index (χ4v) is 4.48. The molecule has 3 N–H and O–H groups in total. The second-order valence-electron chi connectivity index (χ2n) is 8.76. The van der Waals surface area contributed by atoms with Gasteiger partial charge in [-0.25, -0.2) is 4.39 Å². The van der Waals surface area contributed by atoms with Gasteiger partial charge in [-0.05, 0) is 91.4 Å². The Morgan fingerprint density at radius 1 is 0.857 bits per heavy atom. The van der Waals surface area contributed by atoms with Crippen LogP contribution in [-0.4, -0.2) is 29.2 Å². The van der Waals surface area contributed by atoms with E-state index in [1.165, 1.54) is 11.6 Å². The average molecular weight is 469 g/mol. The molecule has 178 valence electrons. The van der Waals surface area contributed by atoms with Crippen molar-refractivity contribution in [3.05, 3.63) is 107 Å². The number of H-pyrrole nitrogens is 1. The summed E-state index contributed by atoms with van der Waals surface area (Å²) >= 11 is 0. The van der Waals surface area contributed by atoms with Crippen molar-refractivity contribution in [1.29, 1.82) is 0 Å². The highest BCUT2D eigenvalue weighted by Gasteiger charge is 2.06. The smallest absolute Gasteiger partial charge is 0.262 e. The molecule has 0 bridgehead atoms. The van der Waals surface area contributed by atoms with Crippen LogP contribution in [0, 0.1) is 5.82 Å². The maximum Gasteiger partial charge on any atom is 0.262 e. The van der Waals surface area contributed by atoms with Crippen LogP contribution in [0.4, 0.5) is 10.1 Å². The number of aromatic amines is 1. The topological polar surface area (TPSA) is 61.9 Å². The third kappa shape index (κ3) is 5.28. The molecule has 2 aromatic heterocycles. The molecule has 0 aliphatic carbocycles. The molecule has 0 saturated carbocycles. The molecule has 2 heterocycles. The molecule has 0 spiro atoms. The molecule has 6 heteroatoms. The summed E-state index contributed by atoms with van der Waals surface area (Å²) in [5, 5.41) is 9.54. The Morgan fingerprint density at radius 3 is 2.60 bits per heavy atom. The van der Waals surface area contributed by atoms with Gasteiger partial charge in [0, 0.05) is 53.1 Å². The van der Waals surface area contributed by atoms with Gasteiger partial charge in [0.15, 0.2) is 0 Å². The number of benzene rings is 3. The molecule has 5 nitrogen and oxygen atoms in total. The molecule has 0 radical (unpaired) electrons. The van der Waals surface area contributed by atoms with Gasteiger partial charge in [-0.2, -0.15) is 0 Å². The van der Waals surface area contributed by atoms with E-state index in [0.29, 0.717) is 0 Å². The Bertz CT molecular complexity index is 1490. The van der Waals surface area contributed by atoms with Crippen molar-refractivity contribution >= 4 is 27.4 Å². The predicted octanol–water partition coefficient (Wildman–Crippen LogP) is 5.64. The molecule has 0 aliphatic rings. The number of hydrogen-bond acceptors (Lipinski definition) is 3. The zero-order valence-corrected chi connectivity index (χ0v) is 19.6. The Balaban J connectivity index is 1.04. The van der Waals surface area contributed by atoms with Crippen LogP contribution in [0.15, 0.2) is 90.0 Å². The van der Waals surface area contributed by atoms with Gasteiger partial charge in [0.25, 0.3) is 5.56 Å². The summed E-state index contributed by atoms with van der Waals surface area (Å²) in [6.07, 6.45) is 6.88. The monoisotopic (exact) mass is 468 g/mol. The van der Waals surface area contributed by atoms with E-state index in [9.17, 15) is 9.18 Å². The summed E-state index contributed by atoms with van der Waals surface area (Å²) in [6.45, 7) is 2.63. The van der Waals surface area contributed by atoms with Crippen LogP contribution in [0.25, 0.3) is 27.4 Å². The highest BCUT2D eigenvalue weighted by Crippen LogP contribution is 2.21. The summed E-state index contributed by atoms with van der Waals surface area (Å²) in [5.74, 6) is -0.190. The molecule has 3 aromatic carbocycles. The third-order valence-electron chi connectivity index (χ3n) is 6.37. The van der Waals surface area contributed by atoms with E-state index in [1.807, 2.05) is 67.0 Å². The Labute approximate surface area is 203 Å². The standard InChI is InChI=1S/C29H29FN4O/c30-23-8-13-28-27(19-23)22(20-33-28)6-3-4-15-31-16-17-32-24-9-11-25(12-10-24)34-18-14-21-5-1-2-7-26(21)29(34)35/h1-2,5,7-14,18-20,31-33H,3-4,6,15-17H2. The lowest BCUT2D eigenvalue weighted by molar-refractivity contribution is 0.628. The lowest BCUT2D eigenvalue weighted by Crippen LogP contribution is -2.23. The maximum atomic E-state index is 13.5. The van der Waals surface area contributed by atoms with Gasteiger partial charge in [0.05, 0.1) is 0 Å². The Morgan fingerprint density at radius 2 is 1.71 bits per heavy atom. The van der Waals surface area contributed by atoms with Crippen LogP contribution in [0.3, 0.4) is 0 Å². The number of rotatable bonds is 10. The van der Waals surface area contributed by atoms with Crippen molar-refractivity contribution in [3.8, 4) is 5.69 Å². The summed E-state index contributed by atoms with van der Waals surface area (Å²) in [6, 6.07) is 22.4. The lowest BCUT2D eigenvalue weighted by Gasteiger charge is -2.10. The molecule has 0 saturated heterocycles. The fourth-order valence-electron chi connectivity index (χ4n) is 4.48. The van der Waals surface area contributed by atoms with Crippen molar-refractivity contribution < 1.29 is 4.39 Å². The Kier molecular flexibility index (Phi) is 6.91. The van der Waals surface area contributed by atoms with E-state index in [1.54, 1.807) is 16.7 Å². The molecular formula is C29H29FN4O. The first kappa shape index (κ1) is 22.9. The van der Waals surface area contributed by atoms with E-state index in [4.69, 9.17) is 0 Å². The molecule has 0 unspecified atom stereocenters. The number of nitrogens with zero attached hydrogens (tertiary/aromatic N) is 1. The largest absolute Gasteiger partial charge is 0.384 e. The second-order valence-corrected chi connectivity index (χ2v) is 8.76. The minimum atomic E-state index is -0.190. The minimum Gasteiger partial charge on any atom is -0.384 e. The third-order valence-corrected chi connectivity index (χ3v) is 6.37. The van der Waals surface area contributed by atoms with Crippen molar-refractivity contribution in [1.82, 2.24) is 14.9 Å². The summed E-state index contributed by atoms with van der Waals surface area (Å²) in [7, 11) is 0. The summed E-state index contributed by atoms with van der Waals surface area (Å²) < 4.78 is 15.2. The van der Waals surface area contributed by atoms with E-state index >= 15 is 0 Å². The van der Waals surface area contributed by atoms with E-state index in [-0.39, 0.29) is 11.4 Å². The van der Waals surface area contributed by atoms with Gasteiger partial charge in [0.1, 0.15) is 5.82 Å². The number of unbranched alkanes of at least 4 members (excludes halogenated alkanes) is 1. The average Bonchev–Trinajstić information content (AvgIpc) is 3.28. The maximum absolute atomic E-state index is 13.5. The number of halogens is 1. The number of anilines is 1. The van der Waals surface area contributed by atoms with Gasteiger partial charge in [0.2, 0.25) is 0 Å². The van der Waals surface area contributed by atoms with Crippen LogP contribution in [0.1, 0.15) is 18.4 Å². The van der Waals surface area contributed by atoms with E-state index in [2.05, 4.69) is 15.6 Å². The van der Waals surface area contributed by atoms with Crippen LogP contribution < -0.4 is 16.2 Å². The number of aromatic nitrogens is 2. The van der Waals surface area contributed by atoms with Crippen LogP contribution in [0.5, 0.6) is 0 Å². The van der Waals surface area contributed by atoms with Gasteiger partial charge < -0.3 is 15.6 Å². The number of hydrogen-bond donors (Lipinski definition) is 3. The fraction of sp³-hybridized carbons (Fsp3) is 0.207. The summed E-state index contributed by atoms with van der Waals surface area (Å²) in [4.78, 5) is 16.0. The molecular weight excluding hydrogens is 439 g/mol. The van der Waals surface area contributed by atoms with E-state index in [0.717, 1.165) is 71.9 Å².